The van der Waals surface area contributed by atoms with Gasteiger partial charge in [-0.2, -0.15) is 5.10 Å². The molecule has 5 nitrogen and oxygen atoms in total. The van der Waals surface area contributed by atoms with Gasteiger partial charge in [0.05, 0.1) is 5.41 Å². The zero-order chi connectivity index (χ0) is 17.2. The first-order valence-electron chi connectivity index (χ1n) is 8.53. The van der Waals surface area contributed by atoms with Crippen molar-refractivity contribution < 1.29 is 4.79 Å². The lowest BCUT2D eigenvalue weighted by Gasteiger charge is -2.40. The number of hydrogen-bond donors (Lipinski definition) is 2. The molecule has 0 spiro atoms. The number of H-pyrrole nitrogens is 1. The van der Waals surface area contributed by atoms with Crippen LogP contribution in [0.1, 0.15) is 50.4 Å². The molecule has 1 aliphatic rings. The first-order valence-corrected chi connectivity index (χ1v) is 8.94. The second-order valence-electron chi connectivity index (χ2n) is 6.75. The van der Waals surface area contributed by atoms with E-state index in [2.05, 4.69) is 41.5 Å². The highest BCUT2D eigenvalue weighted by molar-refractivity contribution is 7.71. The maximum Gasteiger partial charge on any atom is 0.230 e. The molecular weight excluding hydrogens is 320 g/mol. The van der Waals surface area contributed by atoms with Crippen LogP contribution in [-0.2, 0) is 16.8 Å². The Morgan fingerprint density at radius 2 is 2.08 bits per heavy atom. The van der Waals surface area contributed by atoms with Gasteiger partial charge in [0.2, 0.25) is 5.91 Å². The van der Waals surface area contributed by atoms with Crippen molar-refractivity contribution in [2.24, 2.45) is 0 Å². The number of rotatable bonds is 6. The Bertz CT molecular complexity index is 759. The summed E-state index contributed by atoms with van der Waals surface area (Å²) in [7, 11) is 0. The Hall–Kier alpha value is -1.95. The summed E-state index contributed by atoms with van der Waals surface area (Å²) in [6.45, 7) is 5.36. The Morgan fingerprint density at radius 3 is 2.67 bits per heavy atom. The molecule has 2 N–H and O–H groups in total. The maximum absolute atomic E-state index is 12.8. The minimum absolute atomic E-state index is 0.126. The van der Waals surface area contributed by atoms with E-state index in [-0.39, 0.29) is 17.2 Å². The van der Waals surface area contributed by atoms with Crippen LogP contribution in [0.3, 0.4) is 0 Å². The second-order valence-corrected chi connectivity index (χ2v) is 7.14. The molecule has 0 unspecified atom stereocenters. The summed E-state index contributed by atoms with van der Waals surface area (Å²) < 4.78 is 2.57. The fourth-order valence-electron chi connectivity index (χ4n) is 3.37. The minimum atomic E-state index is -0.347. The third-order valence-corrected chi connectivity index (χ3v) is 5.20. The lowest BCUT2D eigenvalue weighted by Crippen LogP contribution is -2.49. The molecule has 1 saturated carbocycles. The average molecular weight is 344 g/mol. The van der Waals surface area contributed by atoms with Gasteiger partial charge in [0.1, 0.15) is 5.82 Å². The number of nitrogens with one attached hydrogen (secondary N) is 2. The number of carbonyl (C=O) groups excluding carboxylic acids is 1. The largest absolute Gasteiger partial charge is 0.354 e. The lowest BCUT2D eigenvalue weighted by atomic mass is 9.64. The van der Waals surface area contributed by atoms with Crippen LogP contribution < -0.4 is 5.32 Å². The fourth-order valence-corrected chi connectivity index (χ4v) is 3.60. The number of nitrogens with zero attached hydrogens (tertiary/aromatic N) is 2. The van der Waals surface area contributed by atoms with Gasteiger partial charge < -0.3 is 9.88 Å². The monoisotopic (exact) mass is 344 g/mol. The molecule has 0 atom stereocenters. The molecule has 24 heavy (non-hydrogen) atoms. The number of amides is 1. The Balaban J connectivity index is 1.66. The van der Waals surface area contributed by atoms with E-state index >= 15 is 0 Å². The topological polar surface area (TPSA) is 62.7 Å². The summed E-state index contributed by atoms with van der Waals surface area (Å²) >= 11 is 5.29. The molecule has 1 aromatic carbocycles. The number of aromatic nitrogens is 3. The van der Waals surface area contributed by atoms with Gasteiger partial charge in [0, 0.05) is 19.0 Å². The molecule has 0 aliphatic heterocycles. The molecule has 2 aromatic rings. The summed E-state index contributed by atoms with van der Waals surface area (Å²) in [4.78, 5) is 12.8. The summed E-state index contributed by atoms with van der Waals surface area (Å²) in [5.41, 5.74) is 0.775. The third-order valence-electron chi connectivity index (χ3n) is 4.89. The van der Waals surface area contributed by atoms with Crippen LogP contribution in [0, 0.1) is 4.77 Å². The van der Waals surface area contributed by atoms with Gasteiger partial charge in [-0.3, -0.25) is 9.89 Å². The first-order chi connectivity index (χ1) is 11.5. The Labute approximate surface area is 147 Å². The van der Waals surface area contributed by atoms with Gasteiger partial charge in [-0.1, -0.05) is 50.6 Å². The molecule has 3 rings (SSSR count). The molecule has 128 valence electrons. The number of hydrogen-bond acceptors (Lipinski definition) is 3. The number of carbonyl (C=O) groups is 1. The van der Waals surface area contributed by atoms with Crippen molar-refractivity contribution in [3.05, 3.63) is 46.5 Å². The van der Waals surface area contributed by atoms with Crippen molar-refractivity contribution in [2.45, 2.75) is 51.0 Å². The van der Waals surface area contributed by atoms with E-state index in [9.17, 15) is 4.79 Å². The van der Waals surface area contributed by atoms with E-state index in [1.807, 2.05) is 22.8 Å². The highest BCUT2D eigenvalue weighted by Crippen LogP contribution is 2.43. The Kier molecular flexibility index (Phi) is 4.85. The maximum atomic E-state index is 12.8. The molecule has 1 fully saturated rings. The van der Waals surface area contributed by atoms with E-state index < -0.39 is 0 Å². The van der Waals surface area contributed by atoms with Crippen molar-refractivity contribution in [3.63, 3.8) is 0 Å². The molecular formula is C18H24N4OS. The SMILES string of the molecule is CC(C)c1n[nH]c(=S)n1CCNC(=O)C1(c2ccccc2)CCC1. The molecule has 0 bridgehead atoms. The zero-order valence-electron chi connectivity index (χ0n) is 14.2. The molecule has 6 heteroatoms. The molecule has 1 aliphatic carbocycles. The molecule has 1 heterocycles. The quantitative estimate of drug-likeness (QED) is 0.790. The number of benzene rings is 1. The van der Waals surface area contributed by atoms with E-state index in [0.717, 1.165) is 30.7 Å². The second kappa shape index (κ2) is 6.89. The predicted octanol–water partition coefficient (Wildman–Crippen LogP) is 3.30. The van der Waals surface area contributed by atoms with Crippen LogP contribution in [0.4, 0.5) is 0 Å². The summed E-state index contributed by atoms with van der Waals surface area (Å²) in [5.74, 6) is 1.34. The predicted molar refractivity (Wildman–Crippen MR) is 96.5 cm³/mol. The van der Waals surface area contributed by atoms with Crippen LogP contribution in [0.2, 0.25) is 0 Å². The average Bonchev–Trinajstić information content (AvgIpc) is 2.89. The van der Waals surface area contributed by atoms with Crippen LogP contribution in [0.5, 0.6) is 0 Å². The van der Waals surface area contributed by atoms with Crippen LogP contribution in [0.15, 0.2) is 30.3 Å². The molecule has 0 saturated heterocycles. The van der Waals surface area contributed by atoms with Crippen molar-refractivity contribution in [2.75, 3.05) is 6.54 Å². The van der Waals surface area contributed by atoms with E-state index in [4.69, 9.17) is 12.2 Å². The van der Waals surface area contributed by atoms with Crippen molar-refractivity contribution >= 4 is 18.1 Å². The normalized spacial score (nSPS) is 16.0. The minimum Gasteiger partial charge on any atom is -0.354 e. The van der Waals surface area contributed by atoms with Gasteiger partial charge in [-0.05, 0) is 30.6 Å². The van der Waals surface area contributed by atoms with Gasteiger partial charge >= 0.3 is 0 Å². The van der Waals surface area contributed by atoms with Crippen molar-refractivity contribution in [3.8, 4) is 0 Å². The first kappa shape index (κ1) is 16.9. The van der Waals surface area contributed by atoms with E-state index in [1.165, 1.54) is 0 Å². The van der Waals surface area contributed by atoms with Gasteiger partial charge in [-0.25, -0.2) is 0 Å². The summed E-state index contributed by atoms with van der Waals surface area (Å²) in [6.07, 6.45) is 2.95. The smallest absolute Gasteiger partial charge is 0.230 e. The fraction of sp³-hybridized carbons (Fsp3) is 0.500. The van der Waals surface area contributed by atoms with Crippen LogP contribution >= 0.6 is 12.2 Å². The molecule has 1 amide bonds. The molecule has 1 aromatic heterocycles. The summed E-state index contributed by atoms with van der Waals surface area (Å²) in [5, 5.41) is 10.2. The van der Waals surface area contributed by atoms with Gasteiger partial charge in [0.15, 0.2) is 4.77 Å². The highest BCUT2D eigenvalue weighted by atomic mass is 32.1. The van der Waals surface area contributed by atoms with Crippen LogP contribution in [-0.4, -0.2) is 27.2 Å². The third kappa shape index (κ3) is 3.02. The van der Waals surface area contributed by atoms with Gasteiger partial charge in [-0.15, -0.1) is 0 Å². The highest BCUT2D eigenvalue weighted by Gasteiger charge is 2.45. The number of aromatic amines is 1. The summed E-state index contributed by atoms with van der Waals surface area (Å²) in [6, 6.07) is 10.1. The Morgan fingerprint density at radius 1 is 1.38 bits per heavy atom. The van der Waals surface area contributed by atoms with E-state index in [1.54, 1.807) is 0 Å². The van der Waals surface area contributed by atoms with Crippen molar-refractivity contribution in [1.29, 1.82) is 0 Å². The van der Waals surface area contributed by atoms with Crippen LogP contribution in [0.25, 0.3) is 0 Å². The zero-order valence-corrected chi connectivity index (χ0v) is 15.0. The molecule has 0 radical (unpaired) electrons. The lowest BCUT2D eigenvalue weighted by molar-refractivity contribution is -0.129. The van der Waals surface area contributed by atoms with Crippen molar-refractivity contribution in [1.82, 2.24) is 20.1 Å². The standard InChI is InChI=1S/C18H24N4OS/c1-13(2)15-20-21-17(24)22(15)12-11-19-16(23)18(9-6-10-18)14-7-4-3-5-8-14/h3-5,7-8,13H,6,9-12H2,1-2H3,(H,19,23)(H,21,24). The van der Waals surface area contributed by atoms with E-state index in [0.29, 0.717) is 17.9 Å². The van der Waals surface area contributed by atoms with Gasteiger partial charge in [0.25, 0.3) is 0 Å².